The van der Waals surface area contributed by atoms with E-state index in [4.69, 9.17) is 21.1 Å². The second-order valence-corrected chi connectivity index (χ2v) is 4.68. The fraction of sp³-hybridized carbons (Fsp3) is 0.214. The first kappa shape index (κ1) is 15.8. The molecule has 0 spiro atoms. The van der Waals surface area contributed by atoms with Crippen molar-refractivity contribution in [1.29, 1.82) is 0 Å². The van der Waals surface area contributed by atoms with Crippen LogP contribution in [0.3, 0.4) is 0 Å². The van der Waals surface area contributed by atoms with Gasteiger partial charge >= 0.3 is 5.97 Å². The minimum Gasteiger partial charge on any atom is -0.496 e. The Hall–Kier alpha value is -2.54. The Morgan fingerprint density at radius 3 is 2.86 bits per heavy atom. The summed E-state index contributed by atoms with van der Waals surface area (Å²) in [4.78, 5) is 23.1. The highest BCUT2D eigenvalue weighted by Crippen LogP contribution is 2.22. The number of ether oxygens (including phenoxy) is 2. The minimum absolute atomic E-state index is 0.0247. The van der Waals surface area contributed by atoms with E-state index >= 15 is 0 Å². The third kappa shape index (κ3) is 3.37. The number of aromatic nitrogens is 2. The Balaban J connectivity index is 2.21. The molecule has 0 bridgehead atoms. The predicted molar refractivity (Wildman–Crippen MR) is 81.5 cm³/mol. The number of carbonyl (C=O) groups is 1. The molecule has 0 radical (unpaired) electrons. The highest BCUT2D eigenvalue weighted by atomic mass is 35.5. The van der Waals surface area contributed by atoms with Gasteiger partial charge in [-0.3, -0.25) is 4.79 Å². The summed E-state index contributed by atoms with van der Waals surface area (Å²) >= 11 is 5.87. The summed E-state index contributed by atoms with van der Waals surface area (Å²) in [5.41, 5.74) is 1.04. The number of halogens is 1. The summed E-state index contributed by atoms with van der Waals surface area (Å²) in [6, 6.07) is 5.10. The third-order valence-electron chi connectivity index (χ3n) is 2.95. The normalized spacial score (nSPS) is 10.1. The molecule has 0 fully saturated rings. The Kier molecular flexibility index (Phi) is 5.00. The summed E-state index contributed by atoms with van der Waals surface area (Å²) in [5.74, 6) is -0.0685. The third-order valence-corrected chi connectivity index (χ3v) is 3.32. The first-order valence-electron chi connectivity index (χ1n) is 6.29. The van der Waals surface area contributed by atoms with Gasteiger partial charge < -0.3 is 14.8 Å². The number of anilines is 1. The molecular weight excluding hydrogens is 310 g/mol. The van der Waals surface area contributed by atoms with E-state index in [1.54, 1.807) is 18.2 Å². The maximum Gasteiger partial charge on any atom is 0.341 e. The maximum absolute atomic E-state index is 11.7. The van der Waals surface area contributed by atoms with Gasteiger partial charge in [-0.15, -0.1) is 0 Å². The summed E-state index contributed by atoms with van der Waals surface area (Å²) in [5, 5.41) is 8.90. The standard InChI is InChI=1S/C14H14ClN3O4/c1-21-11-4-3-8(5-9(11)14(20)22-2)6-16-10-7-17-18-13(19)12(10)15/h3-5,7H,6H2,1-2H3,(H2,16,18,19). The van der Waals surface area contributed by atoms with E-state index < -0.39 is 11.5 Å². The van der Waals surface area contributed by atoms with Crippen molar-refractivity contribution < 1.29 is 14.3 Å². The average molecular weight is 324 g/mol. The van der Waals surface area contributed by atoms with Gasteiger partial charge in [0, 0.05) is 6.54 Å². The lowest BCUT2D eigenvalue weighted by atomic mass is 10.1. The second-order valence-electron chi connectivity index (χ2n) is 4.31. The number of aromatic amines is 1. The van der Waals surface area contributed by atoms with Crippen molar-refractivity contribution in [1.82, 2.24) is 10.2 Å². The highest BCUT2D eigenvalue weighted by molar-refractivity contribution is 6.32. The highest BCUT2D eigenvalue weighted by Gasteiger charge is 2.13. The lowest BCUT2D eigenvalue weighted by Gasteiger charge is -2.11. The number of benzene rings is 1. The molecule has 0 aliphatic rings. The van der Waals surface area contributed by atoms with Crippen LogP contribution in [-0.2, 0) is 11.3 Å². The number of carbonyl (C=O) groups excluding carboxylic acids is 1. The monoisotopic (exact) mass is 323 g/mol. The Labute approximate surface area is 131 Å². The van der Waals surface area contributed by atoms with Crippen molar-refractivity contribution in [3.63, 3.8) is 0 Å². The molecule has 2 N–H and O–H groups in total. The van der Waals surface area contributed by atoms with Crippen LogP contribution in [0.1, 0.15) is 15.9 Å². The zero-order chi connectivity index (χ0) is 16.1. The van der Waals surface area contributed by atoms with Crippen LogP contribution in [0.15, 0.2) is 29.2 Å². The quantitative estimate of drug-likeness (QED) is 0.815. The molecule has 8 heteroatoms. The van der Waals surface area contributed by atoms with Gasteiger partial charge in [0.15, 0.2) is 0 Å². The van der Waals surface area contributed by atoms with Gasteiger partial charge in [0.1, 0.15) is 16.3 Å². The predicted octanol–water partition coefficient (Wildman–Crippen LogP) is 1.83. The number of nitrogens with zero attached hydrogens (tertiary/aromatic N) is 1. The topological polar surface area (TPSA) is 93.3 Å². The Morgan fingerprint density at radius 2 is 2.18 bits per heavy atom. The molecular formula is C14H14ClN3O4. The number of rotatable bonds is 5. The van der Waals surface area contributed by atoms with Gasteiger partial charge in [0.25, 0.3) is 5.56 Å². The molecule has 0 amide bonds. The molecule has 116 valence electrons. The lowest BCUT2D eigenvalue weighted by Crippen LogP contribution is -2.12. The lowest BCUT2D eigenvalue weighted by molar-refractivity contribution is 0.0597. The molecule has 0 aliphatic heterocycles. The SMILES string of the molecule is COC(=O)c1cc(CNc2cn[nH]c(=O)c2Cl)ccc1OC. The van der Waals surface area contributed by atoms with Crippen molar-refractivity contribution in [3.8, 4) is 5.75 Å². The molecule has 0 saturated heterocycles. The largest absolute Gasteiger partial charge is 0.496 e. The van der Waals surface area contributed by atoms with Gasteiger partial charge in [-0.05, 0) is 17.7 Å². The molecule has 2 rings (SSSR count). The van der Waals surface area contributed by atoms with E-state index in [1.165, 1.54) is 20.4 Å². The zero-order valence-electron chi connectivity index (χ0n) is 12.0. The first-order chi connectivity index (χ1) is 10.6. The molecule has 22 heavy (non-hydrogen) atoms. The van der Waals surface area contributed by atoms with Gasteiger partial charge in [-0.1, -0.05) is 17.7 Å². The van der Waals surface area contributed by atoms with Gasteiger partial charge in [-0.25, -0.2) is 9.89 Å². The van der Waals surface area contributed by atoms with Crippen LogP contribution in [0.4, 0.5) is 5.69 Å². The molecule has 1 aromatic heterocycles. The van der Waals surface area contributed by atoms with Gasteiger partial charge in [-0.2, -0.15) is 5.10 Å². The Morgan fingerprint density at radius 1 is 1.41 bits per heavy atom. The molecule has 1 aromatic carbocycles. The molecule has 0 aliphatic carbocycles. The number of nitrogens with one attached hydrogen (secondary N) is 2. The summed E-state index contributed by atoms with van der Waals surface area (Å²) in [6.45, 7) is 0.346. The molecule has 0 unspecified atom stereocenters. The van der Waals surface area contributed by atoms with Crippen molar-refractivity contribution in [2.24, 2.45) is 0 Å². The van der Waals surface area contributed by atoms with Crippen LogP contribution in [0.5, 0.6) is 5.75 Å². The van der Waals surface area contributed by atoms with Gasteiger partial charge in [0.2, 0.25) is 0 Å². The summed E-state index contributed by atoms with van der Waals surface area (Å²) in [6.07, 6.45) is 1.41. The van der Waals surface area contributed by atoms with Gasteiger partial charge in [0.05, 0.1) is 26.1 Å². The number of H-pyrrole nitrogens is 1. The van der Waals surface area contributed by atoms with E-state index in [9.17, 15) is 9.59 Å². The molecule has 0 saturated carbocycles. The maximum atomic E-state index is 11.7. The second kappa shape index (κ2) is 6.95. The van der Waals surface area contributed by atoms with E-state index in [1.807, 2.05) is 0 Å². The van der Waals surface area contributed by atoms with Crippen LogP contribution in [0.25, 0.3) is 0 Å². The zero-order valence-corrected chi connectivity index (χ0v) is 12.7. The molecule has 1 heterocycles. The Bertz CT molecular complexity index is 745. The van der Waals surface area contributed by atoms with E-state index in [0.29, 0.717) is 23.5 Å². The van der Waals surface area contributed by atoms with Crippen molar-refractivity contribution in [2.75, 3.05) is 19.5 Å². The van der Waals surface area contributed by atoms with E-state index in [0.717, 1.165) is 5.56 Å². The van der Waals surface area contributed by atoms with Crippen molar-refractivity contribution in [2.45, 2.75) is 6.54 Å². The minimum atomic E-state index is -0.491. The van der Waals surface area contributed by atoms with Crippen LogP contribution in [0.2, 0.25) is 5.02 Å². The van der Waals surface area contributed by atoms with Crippen molar-refractivity contribution in [3.05, 3.63) is 50.9 Å². The van der Waals surface area contributed by atoms with Crippen molar-refractivity contribution >= 4 is 23.3 Å². The fourth-order valence-electron chi connectivity index (χ4n) is 1.84. The first-order valence-corrected chi connectivity index (χ1v) is 6.67. The summed E-state index contributed by atoms with van der Waals surface area (Å²) < 4.78 is 9.84. The van der Waals surface area contributed by atoms with Crippen LogP contribution in [0, 0.1) is 0 Å². The van der Waals surface area contributed by atoms with E-state index in [2.05, 4.69) is 15.5 Å². The average Bonchev–Trinajstić information content (AvgIpc) is 2.55. The number of hydrogen-bond donors (Lipinski definition) is 2. The van der Waals surface area contributed by atoms with Crippen LogP contribution < -0.4 is 15.6 Å². The molecule has 0 atom stereocenters. The molecule has 2 aromatic rings. The smallest absolute Gasteiger partial charge is 0.341 e. The number of methoxy groups -OCH3 is 2. The number of esters is 1. The summed E-state index contributed by atoms with van der Waals surface area (Å²) in [7, 11) is 2.77. The van der Waals surface area contributed by atoms with Crippen LogP contribution >= 0.6 is 11.6 Å². The molecule has 7 nitrogen and oxygen atoms in total. The fourth-order valence-corrected chi connectivity index (χ4v) is 2.00. The van der Waals surface area contributed by atoms with E-state index in [-0.39, 0.29) is 5.02 Å². The van der Waals surface area contributed by atoms with Crippen LogP contribution in [-0.4, -0.2) is 30.4 Å². The number of hydrogen-bond acceptors (Lipinski definition) is 6.